The highest BCUT2D eigenvalue weighted by Crippen LogP contribution is 2.11. The van der Waals surface area contributed by atoms with Crippen LogP contribution < -0.4 is 16.6 Å². The average Bonchev–Trinajstić information content (AvgIpc) is 2.38. The summed E-state index contributed by atoms with van der Waals surface area (Å²) in [5.41, 5.74) is 3.78. The van der Waals surface area contributed by atoms with Crippen LogP contribution in [0.1, 0.15) is 29.4 Å². The predicted octanol–water partition coefficient (Wildman–Crippen LogP) is 0.428. The normalized spacial score (nSPS) is 11.9. The van der Waals surface area contributed by atoms with Crippen LogP contribution in [-0.4, -0.2) is 33.7 Å². The van der Waals surface area contributed by atoms with Crippen molar-refractivity contribution >= 4 is 22.5 Å². The molecule has 0 radical (unpaired) electrons. The fraction of sp³-hybridized carbons (Fsp3) is 0.500. The number of nitrogens with zero attached hydrogens (tertiary/aromatic N) is 1. The number of nitrogen functional groups attached to an aromatic ring is 1. The zero-order valence-corrected chi connectivity index (χ0v) is 12.0. The van der Waals surface area contributed by atoms with Gasteiger partial charge in [0.05, 0.1) is 0 Å². The molecule has 0 saturated heterocycles. The van der Waals surface area contributed by atoms with Gasteiger partial charge in [-0.3, -0.25) is 9.00 Å². The van der Waals surface area contributed by atoms with Crippen LogP contribution >= 0.6 is 0 Å². The number of amides is 1. The summed E-state index contributed by atoms with van der Waals surface area (Å²) in [6.45, 7) is 2.43. The Kier molecular flexibility index (Phi) is 6.44. The van der Waals surface area contributed by atoms with Crippen LogP contribution in [0.2, 0.25) is 0 Å². The summed E-state index contributed by atoms with van der Waals surface area (Å²) >= 11 is 0. The number of pyridine rings is 1. The summed E-state index contributed by atoms with van der Waals surface area (Å²) in [4.78, 5) is 16.2. The molecule has 19 heavy (non-hydrogen) atoms. The summed E-state index contributed by atoms with van der Waals surface area (Å²) < 4.78 is 10.9. The third kappa shape index (κ3) is 5.35. The number of nitrogens with two attached hydrogens (primary N) is 1. The molecular weight excluding hydrogens is 264 g/mol. The minimum Gasteiger partial charge on any atom is -0.351 e. The maximum atomic E-state index is 11.9. The Morgan fingerprint density at radius 1 is 1.47 bits per heavy atom. The molecule has 0 spiro atoms. The van der Waals surface area contributed by atoms with E-state index in [1.807, 2.05) is 6.92 Å². The van der Waals surface area contributed by atoms with E-state index in [-0.39, 0.29) is 5.91 Å². The molecular formula is C12H20N4O2S. The predicted molar refractivity (Wildman–Crippen MR) is 77.3 cm³/mol. The summed E-state index contributed by atoms with van der Waals surface area (Å²) in [7, 11) is -0.911. The summed E-state index contributed by atoms with van der Waals surface area (Å²) in [5, 5.41) is 2.72. The Bertz CT molecular complexity index is 465. The molecule has 7 heteroatoms. The zero-order valence-electron chi connectivity index (χ0n) is 11.2. The number of rotatable bonds is 7. The van der Waals surface area contributed by atoms with Crippen LogP contribution in [-0.2, 0) is 17.2 Å². The highest BCUT2D eigenvalue weighted by atomic mass is 32.2. The zero-order chi connectivity index (χ0) is 14.3. The highest BCUT2D eigenvalue weighted by molar-refractivity contribution is 7.84. The fourth-order valence-electron chi connectivity index (χ4n) is 1.59. The molecule has 0 fully saturated rings. The van der Waals surface area contributed by atoms with Gasteiger partial charge in [0.1, 0.15) is 5.82 Å². The molecule has 0 aromatic carbocycles. The van der Waals surface area contributed by atoms with Gasteiger partial charge < -0.3 is 10.7 Å². The first-order chi connectivity index (χ1) is 9.06. The number of nitrogens with one attached hydrogen (secondary N) is 2. The van der Waals surface area contributed by atoms with E-state index in [0.29, 0.717) is 23.7 Å². The SMILES string of the molecule is CCCc1cc(C(=O)NCCS(C)=O)cc(NN)n1. The van der Waals surface area contributed by atoms with Gasteiger partial charge >= 0.3 is 0 Å². The molecule has 1 aromatic rings. The lowest BCUT2D eigenvalue weighted by atomic mass is 10.1. The summed E-state index contributed by atoms with van der Waals surface area (Å²) in [5.74, 6) is 6.05. The Hall–Kier alpha value is -1.47. The van der Waals surface area contributed by atoms with Crippen LogP contribution in [0, 0.1) is 0 Å². The number of anilines is 1. The Labute approximate surface area is 115 Å². The molecule has 6 nitrogen and oxygen atoms in total. The second-order valence-corrected chi connectivity index (χ2v) is 5.71. The first kappa shape index (κ1) is 15.6. The van der Waals surface area contributed by atoms with Crippen molar-refractivity contribution in [3.63, 3.8) is 0 Å². The molecule has 1 rings (SSSR count). The molecule has 1 atom stereocenters. The third-order valence-corrected chi connectivity index (χ3v) is 3.25. The number of carbonyl (C=O) groups is 1. The molecule has 1 heterocycles. The van der Waals surface area contributed by atoms with E-state index in [1.165, 1.54) is 0 Å². The van der Waals surface area contributed by atoms with E-state index >= 15 is 0 Å². The van der Waals surface area contributed by atoms with E-state index in [1.54, 1.807) is 18.4 Å². The smallest absolute Gasteiger partial charge is 0.251 e. The molecule has 106 valence electrons. The van der Waals surface area contributed by atoms with E-state index in [2.05, 4.69) is 15.7 Å². The quantitative estimate of drug-likeness (QED) is 0.498. The fourth-order valence-corrected chi connectivity index (χ4v) is 1.98. The Morgan fingerprint density at radius 2 is 2.21 bits per heavy atom. The van der Waals surface area contributed by atoms with Gasteiger partial charge in [-0.2, -0.15) is 0 Å². The standard InChI is InChI=1S/C12H20N4O2S/c1-3-4-10-7-9(8-11(15-10)16-13)12(17)14-5-6-19(2)18/h7-8H,3-6,13H2,1-2H3,(H,14,17)(H,15,16). The van der Waals surface area contributed by atoms with Crippen molar-refractivity contribution in [3.05, 3.63) is 23.4 Å². The van der Waals surface area contributed by atoms with Crippen LogP contribution in [0.4, 0.5) is 5.82 Å². The van der Waals surface area contributed by atoms with E-state index in [9.17, 15) is 9.00 Å². The average molecular weight is 284 g/mol. The third-order valence-electron chi connectivity index (χ3n) is 2.47. The van der Waals surface area contributed by atoms with Crippen LogP contribution in [0.15, 0.2) is 12.1 Å². The lowest BCUT2D eigenvalue weighted by Crippen LogP contribution is -2.28. The molecule has 0 aliphatic rings. The van der Waals surface area contributed by atoms with Gasteiger partial charge in [-0.05, 0) is 18.6 Å². The van der Waals surface area contributed by atoms with Crippen LogP contribution in [0.5, 0.6) is 0 Å². The monoisotopic (exact) mass is 284 g/mol. The van der Waals surface area contributed by atoms with Gasteiger partial charge in [0.15, 0.2) is 0 Å². The van der Waals surface area contributed by atoms with Gasteiger partial charge in [0.25, 0.3) is 5.91 Å². The molecule has 0 bridgehead atoms. The largest absolute Gasteiger partial charge is 0.351 e. The molecule has 0 saturated carbocycles. The second kappa shape index (κ2) is 7.85. The van der Waals surface area contributed by atoms with E-state index < -0.39 is 10.8 Å². The minimum atomic E-state index is -0.911. The molecule has 1 aromatic heterocycles. The lowest BCUT2D eigenvalue weighted by Gasteiger charge is -2.08. The minimum absolute atomic E-state index is 0.207. The molecule has 4 N–H and O–H groups in total. The van der Waals surface area contributed by atoms with Crippen LogP contribution in [0.3, 0.4) is 0 Å². The first-order valence-electron chi connectivity index (χ1n) is 6.12. The number of aromatic nitrogens is 1. The topological polar surface area (TPSA) is 97.1 Å². The number of hydrogen-bond acceptors (Lipinski definition) is 5. The molecule has 1 amide bonds. The van der Waals surface area contributed by atoms with Crippen molar-refractivity contribution in [2.45, 2.75) is 19.8 Å². The van der Waals surface area contributed by atoms with E-state index in [4.69, 9.17) is 5.84 Å². The molecule has 0 aliphatic carbocycles. The van der Waals surface area contributed by atoms with Crippen molar-refractivity contribution in [2.24, 2.45) is 5.84 Å². The van der Waals surface area contributed by atoms with Gasteiger partial charge in [-0.25, -0.2) is 10.8 Å². The van der Waals surface area contributed by atoms with Crippen molar-refractivity contribution in [1.29, 1.82) is 0 Å². The lowest BCUT2D eigenvalue weighted by molar-refractivity contribution is 0.0956. The summed E-state index contributed by atoms with van der Waals surface area (Å²) in [6.07, 6.45) is 3.33. The summed E-state index contributed by atoms with van der Waals surface area (Å²) in [6, 6.07) is 3.35. The maximum Gasteiger partial charge on any atom is 0.251 e. The van der Waals surface area contributed by atoms with E-state index in [0.717, 1.165) is 18.5 Å². The Morgan fingerprint density at radius 3 is 2.79 bits per heavy atom. The second-order valence-electron chi connectivity index (χ2n) is 4.16. The Balaban J connectivity index is 2.77. The van der Waals surface area contributed by atoms with Gasteiger partial charge in [0.2, 0.25) is 0 Å². The van der Waals surface area contributed by atoms with Crippen molar-refractivity contribution in [3.8, 4) is 0 Å². The number of carbonyl (C=O) groups excluding carboxylic acids is 1. The first-order valence-corrected chi connectivity index (χ1v) is 7.85. The van der Waals surface area contributed by atoms with Crippen molar-refractivity contribution in [1.82, 2.24) is 10.3 Å². The van der Waals surface area contributed by atoms with Crippen LogP contribution in [0.25, 0.3) is 0 Å². The highest BCUT2D eigenvalue weighted by Gasteiger charge is 2.09. The van der Waals surface area contributed by atoms with Gasteiger partial charge in [-0.15, -0.1) is 0 Å². The van der Waals surface area contributed by atoms with Gasteiger partial charge in [-0.1, -0.05) is 13.3 Å². The molecule has 0 aliphatic heterocycles. The van der Waals surface area contributed by atoms with Crippen molar-refractivity contribution < 1.29 is 9.00 Å². The van der Waals surface area contributed by atoms with Crippen molar-refractivity contribution in [2.75, 3.05) is 24.0 Å². The maximum absolute atomic E-state index is 11.9. The van der Waals surface area contributed by atoms with Gasteiger partial charge in [0, 0.05) is 40.6 Å². The number of aryl methyl sites for hydroxylation is 1. The molecule has 1 unspecified atom stereocenters. The number of hydrogen-bond donors (Lipinski definition) is 3. The number of hydrazine groups is 1.